The highest BCUT2D eigenvalue weighted by molar-refractivity contribution is 5.94. The van der Waals surface area contributed by atoms with Gasteiger partial charge in [-0.1, -0.05) is 37.3 Å². The highest BCUT2D eigenvalue weighted by atomic mass is 16.1. The summed E-state index contributed by atoms with van der Waals surface area (Å²) in [5, 5.41) is 2.92. The van der Waals surface area contributed by atoms with Crippen LogP contribution in [0.3, 0.4) is 0 Å². The van der Waals surface area contributed by atoms with E-state index in [9.17, 15) is 4.79 Å². The molecule has 0 atom stereocenters. The highest BCUT2D eigenvalue weighted by Crippen LogP contribution is 2.17. The van der Waals surface area contributed by atoms with Gasteiger partial charge in [-0.2, -0.15) is 0 Å². The number of benzene rings is 2. The first kappa shape index (κ1) is 13.4. The first-order chi connectivity index (χ1) is 10.2. The summed E-state index contributed by atoms with van der Waals surface area (Å²) in [7, 11) is 0. The lowest BCUT2D eigenvalue weighted by Crippen LogP contribution is -2.14. The van der Waals surface area contributed by atoms with Gasteiger partial charge in [0, 0.05) is 12.1 Å². The van der Waals surface area contributed by atoms with Crippen molar-refractivity contribution in [1.82, 2.24) is 9.97 Å². The molecule has 0 spiro atoms. The number of imidazole rings is 1. The molecule has 0 saturated heterocycles. The average Bonchev–Trinajstić information content (AvgIpc) is 2.90. The second kappa shape index (κ2) is 5.79. The zero-order valence-electron chi connectivity index (χ0n) is 11.9. The quantitative estimate of drug-likeness (QED) is 0.769. The van der Waals surface area contributed by atoms with E-state index < -0.39 is 0 Å². The Labute approximate surface area is 123 Å². The Morgan fingerprint density at radius 1 is 1.19 bits per heavy atom. The van der Waals surface area contributed by atoms with Crippen LogP contribution in [0.2, 0.25) is 0 Å². The van der Waals surface area contributed by atoms with E-state index in [1.54, 1.807) is 0 Å². The smallest absolute Gasteiger partial charge is 0.228 e. The van der Waals surface area contributed by atoms with Gasteiger partial charge in [0.15, 0.2) is 0 Å². The maximum atomic E-state index is 12.0. The molecular weight excluding hydrogens is 262 g/mol. The normalized spacial score (nSPS) is 10.7. The van der Waals surface area contributed by atoms with Crippen LogP contribution in [0.25, 0.3) is 11.0 Å². The van der Waals surface area contributed by atoms with Crippen LogP contribution in [-0.2, 0) is 17.6 Å². The van der Waals surface area contributed by atoms with Gasteiger partial charge in [-0.25, -0.2) is 4.98 Å². The molecule has 1 heterocycles. The minimum absolute atomic E-state index is 0.0178. The van der Waals surface area contributed by atoms with Gasteiger partial charge in [0.25, 0.3) is 0 Å². The van der Waals surface area contributed by atoms with Crippen molar-refractivity contribution in [3.8, 4) is 0 Å². The minimum atomic E-state index is -0.0178. The number of anilines is 1. The van der Waals surface area contributed by atoms with Crippen molar-refractivity contribution in [2.75, 3.05) is 5.32 Å². The molecule has 21 heavy (non-hydrogen) atoms. The fourth-order valence-electron chi connectivity index (χ4n) is 2.29. The standard InChI is InChI=1S/C17H17N3O/c1-2-16-19-14-9-8-13(11-15(14)20-16)18-17(21)10-12-6-4-3-5-7-12/h3-9,11H,2,10H2,1H3,(H,18,21)(H,19,20). The van der Waals surface area contributed by atoms with Gasteiger partial charge in [-0.05, 0) is 23.8 Å². The van der Waals surface area contributed by atoms with Gasteiger partial charge < -0.3 is 10.3 Å². The first-order valence-electron chi connectivity index (χ1n) is 7.07. The SMILES string of the molecule is CCc1nc2ccc(NC(=O)Cc3ccccc3)cc2[nH]1. The number of carbonyl (C=O) groups is 1. The summed E-state index contributed by atoms with van der Waals surface area (Å²) in [6.45, 7) is 2.06. The second-order valence-electron chi connectivity index (χ2n) is 4.98. The van der Waals surface area contributed by atoms with E-state index in [1.807, 2.05) is 48.5 Å². The summed E-state index contributed by atoms with van der Waals surface area (Å²) in [6, 6.07) is 15.4. The largest absolute Gasteiger partial charge is 0.342 e. The fourth-order valence-corrected chi connectivity index (χ4v) is 2.29. The van der Waals surface area contributed by atoms with Crippen LogP contribution in [0, 0.1) is 0 Å². The molecule has 0 bridgehead atoms. The number of aryl methyl sites for hydroxylation is 1. The van der Waals surface area contributed by atoms with Crippen molar-refractivity contribution >= 4 is 22.6 Å². The predicted molar refractivity (Wildman–Crippen MR) is 84.2 cm³/mol. The monoisotopic (exact) mass is 279 g/mol. The van der Waals surface area contributed by atoms with Crippen molar-refractivity contribution in [2.45, 2.75) is 19.8 Å². The Kier molecular flexibility index (Phi) is 3.69. The average molecular weight is 279 g/mol. The van der Waals surface area contributed by atoms with E-state index in [0.717, 1.165) is 34.5 Å². The number of fused-ring (bicyclic) bond motifs is 1. The molecule has 106 valence electrons. The van der Waals surface area contributed by atoms with E-state index in [-0.39, 0.29) is 5.91 Å². The Morgan fingerprint density at radius 2 is 2.00 bits per heavy atom. The van der Waals surface area contributed by atoms with Gasteiger partial charge in [0.2, 0.25) is 5.91 Å². The number of amides is 1. The number of aromatic amines is 1. The molecule has 2 aromatic carbocycles. The molecule has 4 heteroatoms. The van der Waals surface area contributed by atoms with Gasteiger partial charge in [0.1, 0.15) is 5.82 Å². The number of nitrogens with zero attached hydrogens (tertiary/aromatic N) is 1. The second-order valence-corrected chi connectivity index (χ2v) is 4.98. The topological polar surface area (TPSA) is 57.8 Å². The van der Waals surface area contributed by atoms with E-state index in [4.69, 9.17) is 0 Å². The van der Waals surface area contributed by atoms with E-state index in [2.05, 4.69) is 22.2 Å². The van der Waals surface area contributed by atoms with E-state index in [0.29, 0.717) is 6.42 Å². The number of aromatic nitrogens is 2. The molecule has 0 fully saturated rings. The Hall–Kier alpha value is -2.62. The molecule has 0 saturated carbocycles. The summed E-state index contributed by atoms with van der Waals surface area (Å²) in [5.41, 5.74) is 3.66. The molecule has 3 aromatic rings. The summed E-state index contributed by atoms with van der Waals surface area (Å²) >= 11 is 0. The molecule has 0 radical (unpaired) electrons. The van der Waals surface area contributed by atoms with Crippen LogP contribution in [0.1, 0.15) is 18.3 Å². The van der Waals surface area contributed by atoms with Crippen molar-refractivity contribution < 1.29 is 4.79 Å². The maximum absolute atomic E-state index is 12.0. The summed E-state index contributed by atoms with van der Waals surface area (Å²) < 4.78 is 0. The third-order valence-electron chi connectivity index (χ3n) is 3.36. The zero-order chi connectivity index (χ0) is 14.7. The Bertz CT molecular complexity index is 762. The fraction of sp³-hybridized carbons (Fsp3) is 0.176. The number of rotatable bonds is 4. The number of hydrogen-bond donors (Lipinski definition) is 2. The Morgan fingerprint density at radius 3 is 2.76 bits per heavy atom. The molecule has 0 unspecified atom stereocenters. The third-order valence-corrected chi connectivity index (χ3v) is 3.36. The van der Waals surface area contributed by atoms with Crippen LogP contribution >= 0.6 is 0 Å². The number of hydrogen-bond acceptors (Lipinski definition) is 2. The lowest BCUT2D eigenvalue weighted by atomic mass is 10.1. The maximum Gasteiger partial charge on any atom is 0.228 e. The highest BCUT2D eigenvalue weighted by Gasteiger charge is 2.06. The summed E-state index contributed by atoms with van der Waals surface area (Å²) in [6.07, 6.45) is 1.24. The molecule has 0 aliphatic rings. The zero-order valence-corrected chi connectivity index (χ0v) is 11.9. The Balaban J connectivity index is 1.73. The number of carbonyl (C=O) groups excluding carboxylic acids is 1. The van der Waals surface area contributed by atoms with Gasteiger partial charge in [-0.3, -0.25) is 4.79 Å². The summed E-state index contributed by atoms with van der Waals surface area (Å²) in [4.78, 5) is 19.7. The van der Waals surface area contributed by atoms with Crippen LogP contribution in [0.5, 0.6) is 0 Å². The number of H-pyrrole nitrogens is 1. The van der Waals surface area contributed by atoms with Crippen molar-refractivity contribution in [3.05, 3.63) is 59.9 Å². The molecule has 4 nitrogen and oxygen atoms in total. The van der Waals surface area contributed by atoms with Crippen molar-refractivity contribution in [1.29, 1.82) is 0 Å². The third kappa shape index (κ3) is 3.11. The van der Waals surface area contributed by atoms with Crippen LogP contribution < -0.4 is 5.32 Å². The molecule has 0 aliphatic carbocycles. The van der Waals surface area contributed by atoms with Crippen LogP contribution in [-0.4, -0.2) is 15.9 Å². The minimum Gasteiger partial charge on any atom is -0.342 e. The van der Waals surface area contributed by atoms with Crippen LogP contribution in [0.15, 0.2) is 48.5 Å². The predicted octanol–water partition coefficient (Wildman–Crippen LogP) is 3.31. The van der Waals surface area contributed by atoms with E-state index in [1.165, 1.54) is 0 Å². The van der Waals surface area contributed by atoms with E-state index >= 15 is 0 Å². The first-order valence-corrected chi connectivity index (χ1v) is 7.07. The van der Waals surface area contributed by atoms with Crippen molar-refractivity contribution in [3.63, 3.8) is 0 Å². The lowest BCUT2D eigenvalue weighted by molar-refractivity contribution is -0.115. The molecular formula is C17H17N3O. The van der Waals surface area contributed by atoms with Gasteiger partial charge in [-0.15, -0.1) is 0 Å². The molecule has 0 aliphatic heterocycles. The van der Waals surface area contributed by atoms with Crippen molar-refractivity contribution in [2.24, 2.45) is 0 Å². The molecule has 3 rings (SSSR count). The van der Waals surface area contributed by atoms with Gasteiger partial charge >= 0.3 is 0 Å². The van der Waals surface area contributed by atoms with Crippen LogP contribution in [0.4, 0.5) is 5.69 Å². The molecule has 2 N–H and O–H groups in total. The summed E-state index contributed by atoms with van der Waals surface area (Å²) in [5.74, 6) is 0.938. The van der Waals surface area contributed by atoms with Gasteiger partial charge in [0.05, 0.1) is 17.5 Å². The number of nitrogens with one attached hydrogen (secondary N) is 2. The molecule has 1 aromatic heterocycles. The molecule has 1 amide bonds. The lowest BCUT2D eigenvalue weighted by Gasteiger charge is -2.05.